The Labute approximate surface area is 185 Å². The van der Waals surface area contributed by atoms with Gasteiger partial charge in [-0.15, -0.1) is 0 Å². The molecule has 2 aromatic heterocycles. The highest BCUT2D eigenvalue weighted by atomic mass is 15.2. The van der Waals surface area contributed by atoms with E-state index in [9.17, 15) is 0 Å². The van der Waals surface area contributed by atoms with Crippen molar-refractivity contribution >= 4 is 22.5 Å². The quantitative estimate of drug-likeness (QED) is 0.488. The maximum Gasteiger partial charge on any atom is 0.145 e. The van der Waals surface area contributed by atoms with Crippen LogP contribution in [0.15, 0.2) is 36.7 Å². The fraction of sp³-hybridized carbons (Fsp3) is 0.538. The molecule has 0 spiro atoms. The number of rotatable bonds is 9. The number of nitrogens with one attached hydrogen (secondary N) is 1. The van der Waals surface area contributed by atoms with Crippen molar-refractivity contribution in [3.05, 3.63) is 47.9 Å². The number of anilines is 2. The Morgan fingerprint density at radius 1 is 1.16 bits per heavy atom. The first-order valence-electron chi connectivity index (χ1n) is 12.1. The van der Waals surface area contributed by atoms with E-state index in [1.165, 1.54) is 75.1 Å². The van der Waals surface area contributed by atoms with Crippen molar-refractivity contribution in [3.8, 4) is 0 Å². The molecule has 2 fully saturated rings. The van der Waals surface area contributed by atoms with Crippen molar-refractivity contribution in [1.29, 1.82) is 0 Å². The number of fused-ring (bicyclic) bond motifs is 1. The molecular formula is C26H35N5. The number of likely N-dealkylation sites (tertiary alicyclic amines) is 1. The normalized spacial score (nSPS) is 19.4. The Hall–Kier alpha value is -2.40. The lowest BCUT2D eigenvalue weighted by Crippen LogP contribution is -2.22. The van der Waals surface area contributed by atoms with Gasteiger partial charge in [0.05, 0.1) is 5.39 Å². The Bertz CT molecular complexity index is 1020. The van der Waals surface area contributed by atoms with E-state index >= 15 is 0 Å². The number of H-pyrrole nitrogens is 1. The van der Waals surface area contributed by atoms with Gasteiger partial charge in [0, 0.05) is 25.0 Å². The third kappa shape index (κ3) is 4.47. The molecule has 3 aromatic rings. The van der Waals surface area contributed by atoms with E-state index in [0.717, 1.165) is 29.2 Å². The van der Waals surface area contributed by atoms with Crippen molar-refractivity contribution in [2.45, 2.75) is 57.8 Å². The summed E-state index contributed by atoms with van der Waals surface area (Å²) in [4.78, 5) is 17.6. The molecule has 1 aliphatic heterocycles. The Balaban J connectivity index is 1.29. The first-order valence-corrected chi connectivity index (χ1v) is 12.1. The summed E-state index contributed by atoms with van der Waals surface area (Å²) in [6.07, 6.45) is 10.6. The fourth-order valence-electron chi connectivity index (χ4n) is 5.25. The topological polar surface area (TPSA) is 48.1 Å². The van der Waals surface area contributed by atoms with E-state index < -0.39 is 0 Å². The van der Waals surface area contributed by atoms with Crippen LogP contribution >= 0.6 is 0 Å². The van der Waals surface area contributed by atoms with E-state index in [1.54, 1.807) is 6.33 Å². The molecule has 1 N–H and O–H groups in total. The third-order valence-electron chi connectivity index (χ3n) is 7.10. The Kier molecular flexibility index (Phi) is 5.95. The van der Waals surface area contributed by atoms with E-state index in [1.807, 2.05) is 0 Å². The summed E-state index contributed by atoms with van der Waals surface area (Å²) in [7, 11) is 2.14. The average molecular weight is 418 g/mol. The van der Waals surface area contributed by atoms with Crippen LogP contribution in [0.2, 0.25) is 0 Å². The van der Waals surface area contributed by atoms with Gasteiger partial charge >= 0.3 is 0 Å². The predicted octanol–water partition coefficient (Wildman–Crippen LogP) is 5.66. The summed E-state index contributed by atoms with van der Waals surface area (Å²) in [5.41, 5.74) is 4.92. The van der Waals surface area contributed by atoms with Gasteiger partial charge in [-0.1, -0.05) is 31.5 Å². The van der Waals surface area contributed by atoms with E-state index in [-0.39, 0.29) is 0 Å². The Morgan fingerprint density at radius 3 is 2.87 bits per heavy atom. The number of aromatic nitrogens is 3. The molecule has 0 amide bonds. The van der Waals surface area contributed by atoms with Gasteiger partial charge in [0.15, 0.2) is 0 Å². The van der Waals surface area contributed by atoms with Crippen molar-refractivity contribution < 1.29 is 0 Å². The first kappa shape index (κ1) is 20.5. The number of aryl methyl sites for hydroxylation is 1. The third-order valence-corrected chi connectivity index (χ3v) is 7.10. The van der Waals surface area contributed by atoms with Gasteiger partial charge in [0.25, 0.3) is 0 Å². The molecule has 2 aliphatic rings. The minimum Gasteiger partial charge on any atom is -0.343 e. The maximum atomic E-state index is 4.67. The standard InChI is InChI=1S/C26H35N5/c1-3-7-19-13-15-31(17-19)14-6-9-21-8-4-5-10-24(21)30(2)26-22-16-23(20-11-12-20)29-25(22)27-18-28-26/h4-5,8,10,16,18-20H,3,6-7,9,11-15,17H2,1-2H3,(H,27,28,29). The number of hydrogen-bond donors (Lipinski definition) is 1. The smallest absolute Gasteiger partial charge is 0.145 e. The second-order valence-electron chi connectivity index (χ2n) is 9.49. The largest absolute Gasteiger partial charge is 0.343 e. The van der Waals surface area contributed by atoms with Crippen LogP contribution in [-0.2, 0) is 6.42 Å². The monoisotopic (exact) mass is 417 g/mol. The van der Waals surface area contributed by atoms with Crippen LogP contribution in [-0.4, -0.2) is 46.5 Å². The molecular weight excluding hydrogens is 382 g/mol. The predicted molar refractivity (Wildman–Crippen MR) is 128 cm³/mol. The highest BCUT2D eigenvalue weighted by Gasteiger charge is 2.26. The van der Waals surface area contributed by atoms with E-state index in [0.29, 0.717) is 5.92 Å². The summed E-state index contributed by atoms with van der Waals surface area (Å²) in [6.45, 7) is 6.09. The molecule has 5 nitrogen and oxygen atoms in total. The maximum absolute atomic E-state index is 4.67. The fourth-order valence-corrected chi connectivity index (χ4v) is 5.25. The molecule has 5 heteroatoms. The molecule has 1 saturated heterocycles. The molecule has 164 valence electrons. The Morgan fingerprint density at radius 2 is 2.03 bits per heavy atom. The van der Waals surface area contributed by atoms with Crippen LogP contribution in [0, 0.1) is 5.92 Å². The molecule has 1 saturated carbocycles. The summed E-state index contributed by atoms with van der Waals surface area (Å²) in [6, 6.07) is 11.1. The molecule has 1 unspecified atom stereocenters. The zero-order valence-electron chi connectivity index (χ0n) is 19.0. The molecule has 31 heavy (non-hydrogen) atoms. The number of nitrogens with zero attached hydrogens (tertiary/aromatic N) is 4. The van der Waals surface area contributed by atoms with Crippen LogP contribution in [0.1, 0.15) is 62.6 Å². The van der Waals surface area contributed by atoms with Gasteiger partial charge in [-0.05, 0) is 81.1 Å². The molecule has 3 heterocycles. The van der Waals surface area contributed by atoms with Crippen molar-refractivity contribution in [2.75, 3.05) is 31.6 Å². The number of aromatic amines is 1. The van der Waals surface area contributed by atoms with Gasteiger partial charge < -0.3 is 14.8 Å². The molecule has 1 atom stereocenters. The van der Waals surface area contributed by atoms with Gasteiger partial charge in [0.2, 0.25) is 0 Å². The van der Waals surface area contributed by atoms with Gasteiger partial charge in [0.1, 0.15) is 17.8 Å². The number of para-hydroxylation sites is 1. The first-order chi connectivity index (χ1) is 15.2. The van der Waals surface area contributed by atoms with E-state index in [4.69, 9.17) is 0 Å². The molecule has 5 rings (SSSR count). The van der Waals surface area contributed by atoms with Gasteiger partial charge in [-0.25, -0.2) is 9.97 Å². The zero-order chi connectivity index (χ0) is 21.2. The summed E-state index contributed by atoms with van der Waals surface area (Å²) < 4.78 is 0. The average Bonchev–Trinajstić information content (AvgIpc) is 3.39. The SMILES string of the molecule is CCCC1CCN(CCCc2ccccc2N(C)c2ncnc3[nH]c(C4CC4)cc23)C1. The molecule has 0 radical (unpaired) electrons. The zero-order valence-corrected chi connectivity index (χ0v) is 19.0. The van der Waals surface area contributed by atoms with Crippen molar-refractivity contribution in [1.82, 2.24) is 19.9 Å². The van der Waals surface area contributed by atoms with Gasteiger partial charge in [-0.3, -0.25) is 0 Å². The lowest BCUT2D eigenvalue weighted by atomic mass is 10.0. The second-order valence-corrected chi connectivity index (χ2v) is 9.49. The molecule has 1 aliphatic carbocycles. The minimum absolute atomic E-state index is 0.683. The van der Waals surface area contributed by atoms with Crippen LogP contribution in [0.5, 0.6) is 0 Å². The van der Waals surface area contributed by atoms with Crippen LogP contribution in [0.25, 0.3) is 11.0 Å². The lowest BCUT2D eigenvalue weighted by molar-refractivity contribution is 0.316. The van der Waals surface area contributed by atoms with Gasteiger partial charge in [-0.2, -0.15) is 0 Å². The summed E-state index contributed by atoms with van der Waals surface area (Å²) in [5.74, 6) is 2.59. The number of hydrogen-bond acceptors (Lipinski definition) is 4. The van der Waals surface area contributed by atoms with Crippen molar-refractivity contribution in [3.63, 3.8) is 0 Å². The van der Waals surface area contributed by atoms with Crippen LogP contribution < -0.4 is 4.90 Å². The highest BCUT2D eigenvalue weighted by molar-refractivity contribution is 5.90. The van der Waals surface area contributed by atoms with Crippen LogP contribution in [0.4, 0.5) is 11.5 Å². The number of benzene rings is 1. The second kappa shape index (κ2) is 8.99. The highest BCUT2D eigenvalue weighted by Crippen LogP contribution is 2.41. The van der Waals surface area contributed by atoms with Crippen molar-refractivity contribution in [2.24, 2.45) is 5.92 Å². The molecule has 0 bridgehead atoms. The molecule has 1 aromatic carbocycles. The summed E-state index contributed by atoms with van der Waals surface area (Å²) >= 11 is 0. The van der Waals surface area contributed by atoms with Crippen LogP contribution in [0.3, 0.4) is 0 Å². The lowest BCUT2D eigenvalue weighted by Gasteiger charge is -2.23. The van der Waals surface area contributed by atoms with E-state index in [2.05, 4.69) is 69.1 Å². The minimum atomic E-state index is 0.683. The summed E-state index contributed by atoms with van der Waals surface area (Å²) in [5, 5.41) is 1.13.